The summed E-state index contributed by atoms with van der Waals surface area (Å²) in [6.07, 6.45) is 6.57. The lowest BCUT2D eigenvalue weighted by molar-refractivity contribution is 0.500. The molecule has 1 atom stereocenters. The summed E-state index contributed by atoms with van der Waals surface area (Å²) in [5.74, 6) is 1.05. The van der Waals surface area contributed by atoms with Gasteiger partial charge in [-0.3, -0.25) is 4.98 Å². The first-order chi connectivity index (χ1) is 8.25. The maximum absolute atomic E-state index is 5.32. The van der Waals surface area contributed by atoms with Crippen molar-refractivity contribution in [3.63, 3.8) is 0 Å². The minimum absolute atomic E-state index is 0.446. The number of pyridine rings is 1. The van der Waals surface area contributed by atoms with Gasteiger partial charge in [0.05, 0.1) is 6.26 Å². The van der Waals surface area contributed by atoms with Gasteiger partial charge < -0.3 is 4.42 Å². The van der Waals surface area contributed by atoms with Crippen LogP contribution in [-0.4, -0.2) is 9.81 Å². The van der Waals surface area contributed by atoms with Crippen LogP contribution in [-0.2, 0) is 12.8 Å². The van der Waals surface area contributed by atoms with Crippen LogP contribution in [0.15, 0.2) is 41.1 Å². The topological polar surface area (TPSA) is 26.0 Å². The molecule has 0 aliphatic heterocycles. The number of aryl methyl sites for hydroxylation is 2. The summed E-state index contributed by atoms with van der Waals surface area (Å²) >= 11 is 3.71. The highest BCUT2D eigenvalue weighted by Crippen LogP contribution is 2.17. The third-order valence-corrected chi connectivity index (χ3v) is 3.60. The SMILES string of the molecule is Cc1cccnc1CC(Br)CCc1ccco1. The minimum atomic E-state index is 0.446. The molecule has 2 nitrogen and oxygen atoms in total. The number of nitrogens with zero attached hydrogens (tertiary/aromatic N) is 1. The van der Waals surface area contributed by atoms with Gasteiger partial charge in [0.1, 0.15) is 5.76 Å². The molecule has 0 radical (unpaired) electrons. The van der Waals surface area contributed by atoms with E-state index < -0.39 is 0 Å². The lowest BCUT2D eigenvalue weighted by Gasteiger charge is -2.10. The quantitative estimate of drug-likeness (QED) is 0.781. The lowest BCUT2D eigenvalue weighted by Crippen LogP contribution is -2.07. The average molecular weight is 294 g/mol. The second-order valence-electron chi connectivity index (χ2n) is 4.19. The van der Waals surface area contributed by atoms with Gasteiger partial charge in [-0.05, 0) is 37.1 Å². The standard InChI is InChI=1S/C14H16BrNO/c1-11-4-2-8-16-14(11)10-12(15)6-7-13-5-3-9-17-13/h2-5,8-9,12H,6-7,10H2,1H3. The molecule has 0 saturated heterocycles. The van der Waals surface area contributed by atoms with Crippen molar-refractivity contribution < 1.29 is 4.42 Å². The molecule has 17 heavy (non-hydrogen) atoms. The van der Waals surface area contributed by atoms with Crippen molar-refractivity contribution >= 4 is 15.9 Å². The summed E-state index contributed by atoms with van der Waals surface area (Å²) in [6, 6.07) is 8.03. The monoisotopic (exact) mass is 293 g/mol. The summed E-state index contributed by atoms with van der Waals surface area (Å²) in [4.78, 5) is 4.86. The first-order valence-corrected chi connectivity index (χ1v) is 6.74. The molecule has 0 aliphatic carbocycles. The molecule has 0 amide bonds. The zero-order chi connectivity index (χ0) is 12.1. The Morgan fingerprint density at radius 1 is 1.35 bits per heavy atom. The Bertz CT molecular complexity index is 453. The van der Waals surface area contributed by atoms with Crippen molar-refractivity contribution in [3.8, 4) is 0 Å². The highest BCUT2D eigenvalue weighted by atomic mass is 79.9. The van der Waals surface area contributed by atoms with Crippen LogP contribution >= 0.6 is 15.9 Å². The molecule has 1 unspecified atom stereocenters. The smallest absolute Gasteiger partial charge is 0.103 e. The normalized spacial score (nSPS) is 12.6. The molecule has 2 rings (SSSR count). The fourth-order valence-corrected chi connectivity index (χ4v) is 2.33. The van der Waals surface area contributed by atoms with Crippen LogP contribution in [0.2, 0.25) is 0 Å². The maximum Gasteiger partial charge on any atom is 0.103 e. The molecular weight excluding hydrogens is 278 g/mol. The van der Waals surface area contributed by atoms with Crippen LogP contribution in [0.3, 0.4) is 0 Å². The Labute approximate surface area is 110 Å². The predicted octanol–water partition coefficient (Wildman–Crippen LogP) is 3.92. The van der Waals surface area contributed by atoms with Gasteiger partial charge in [0.15, 0.2) is 0 Å². The third kappa shape index (κ3) is 3.70. The van der Waals surface area contributed by atoms with Gasteiger partial charge in [0, 0.05) is 29.6 Å². The van der Waals surface area contributed by atoms with Gasteiger partial charge in [-0.2, -0.15) is 0 Å². The largest absolute Gasteiger partial charge is 0.469 e. The van der Waals surface area contributed by atoms with Crippen molar-refractivity contribution in [3.05, 3.63) is 53.7 Å². The number of alkyl halides is 1. The molecule has 0 aromatic carbocycles. The number of aromatic nitrogens is 1. The van der Waals surface area contributed by atoms with Crippen molar-refractivity contribution in [2.45, 2.75) is 31.0 Å². The van der Waals surface area contributed by atoms with Crippen LogP contribution in [0.4, 0.5) is 0 Å². The molecule has 2 aromatic heterocycles. The molecule has 2 aromatic rings. The van der Waals surface area contributed by atoms with Gasteiger partial charge >= 0.3 is 0 Å². The highest BCUT2D eigenvalue weighted by Gasteiger charge is 2.09. The van der Waals surface area contributed by atoms with E-state index in [1.165, 1.54) is 11.3 Å². The zero-order valence-corrected chi connectivity index (χ0v) is 11.5. The van der Waals surface area contributed by atoms with Gasteiger partial charge in [-0.15, -0.1) is 0 Å². The number of hydrogen-bond acceptors (Lipinski definition) is 2. The second kappa shape index (κ2) is 6.01. The average Bonchev–Trinajstić information content (AvgIpc) is 2.82. The van der Waals surface area contributed by atoms with Crippen LogP contribution in [0.1, 0.15) is 23.4 Å². The van der Waals surface area contributed by atoms with Crippen molar-refractivity contribution in [1.29, 1.82) is 0 Å². The molecule has 0 saturated carbocycles. The van der Waals surface area contributed by atoms with Gasteiger partial charge in [0.25, 0.3) is 0 Å². The Kier molecular flexibility index (Phi) is 4.37. The second-order valence-corrected chi connectivity index (χ2v) is 5.48. The van der Waals surface area contributed by atoms with E-state index in [0.717, 1.165) is 25.0 Å². The van der Waals surface area contributed by atoms with Gasteiger partial charge in [-0.1, -0.05) is 22.0 Å². The molecule has 2 heterocycles. The molecular formula is C14H16BrNO. The van der Waals surface area contributed by atoms with E-state index in [1.54, 1.807) is 6.26 Å². The highest BCUT2D eigenvalue weighted by molar-refractivity contribution is 9.09. The maximum atomic E-state index is 5.32. The van der Waals surface area contributed by atoms with E-state index in [4.69, 9.17) is 4.42 Å². The Hall–Kier alpha value is -1.09. The van der Waals surface area contributed by atoms with E-state index in [2.05, 4.69) is 33.9 Å². The summed E-state index contributed by atoms with van der Waals surface area (Å²) in [5, 5.41) is 0. The van der Waals surface area contributed by atoms with E-state index in [-0.39, 0.29) is 0 Å². The van der Waals surface area contributed by atoms with E-state index >= 15 is 0 Å². The van der Waals surface area contributed by atoms with Crippen LogP contribution in [0.25, 0.3) is 0 Å². The number of furan rings is 1. The number of halogens is 1. The van der Waals surface area contributed by atoms with Gasteiger partial charge in [-0.25, -0.2) is 0 Å². The fourth-order valence-electron chi connectivity index (χ4n) is 1.80. The van der Waals surface area contributed by atoms with Crippen LogP contribution in [0, 0.1) is 6.92 Å². The summed E-state index contributed by atoms with van der Waals surface area (Å²) in [6.45, 7) is 2.11. The Balaban J connectivity index is 1.85. The summed E-state index contributed by atoms with van der Waals surface area (Å²) in [7, 11) is 0. The fraction of sp³-hybridized carbons (Fsp3) is 0.357. The van der Waals surface area contributed by atoms with E-state index in [9.17, 15) is 0 Å². The first kappa shape index (κ1) is 12.4. The summed E-state index contributed by atoms with van der Waals surface area (Å²) < 4.78 is 5.32. The predicted molar refractivity (Wildman–Crippen MR) is 72.4 cm³/mol. The van der Waals surface area contributed by atoms with Crippen LogP contribution in [0.5, 0.6) is 0 Å². The van der Waals surface area contributed by atoms with Gasteiger partial charge in [0.2, 0.25) is 0 Å². The molecule has 0 fully saturated rings. The lowest BCUT2D eigenvalue weighted by atomic mass is 10.1. The molecule has 0 bridgehead atoms. The first-order valence-electron chi connectivity index (χ1n) is 5.82. The van der Waals surface area contributed by atoms with Crippen molar-refractivity contribution in [1.82, 2.24) is 4.98 Å². The van der Waals surface area contributed by atoms with E-state index in [0.29, 0.717) is 4.83 Å². The third-order valence-electron chi connectivity index (χ3n) is 2.82. The number of hydrogen-bond donors (Lipinski definition) is 0. The Morgan fingerprint density at radius 3 is 2.94 bits per heavy atom. The van der Waals surface area contributed by atoms with Crippen molar-refractivity contribution in [2.75, 3.05) is 0 Å². The Morgan fingerprint density at radius 2 is 2.24 bits per heavy atom. The zero-order valence-electron chi connectivity index (χ0n) is 9.90. The molecule has 90 valence electrons. The number of rotatable bonds is 5. The van der Waals surface area contributed by atoms with E-state index in [1.807, 2.05) is 24.4 Å². The minimum Gasteiger partial charge on any atom is -0.469 e. The summed E-state index contributed by atoms with van der Waals surface area (Å²) in [5.41, 5.74) is 2.43. The van der Waals surface area contributed by atoms with Crippen molar-refractivity contribution in [2.24, 2.45) is 0 Å². The molecule has 0 N–H and O–H groups in total. The molecule has 3 heteroatoms. The molecule has 0 aliphatic rings. The van der Waals surface area contributed by atoms with Crippen LogP contribution < -0.4 is 0 Å². The molecule has 0 spiro atoms.